The number of hydrogen-bond acceptors (Lipinski definition) is 3. The van der Waals surface area contributed by atoms with E-state index in [0.717, 1.165) is 52.9 Å². The lowest BCUT2D eigenvalue weighted by atomic mass is 9.85. The standard InChI is InChI=1S/C22H22N2O2/c1-14-6-8-15(9-7-14)20-13-21(26-2)18-12-17(10-11-19(18)24-20)23-22(25)16-4-3-5-16/h6-13,16H,3-5H2,1-2H3,(H,23,25). The number of benzene rings is 2. The zero-order valence-corrected chi connectivity index (χ0v) is 15.1. The molecule has 1 aliphatic rings. The van der Waals surface area contributed by atoms with E-state index in [1.165, 1.54) is 5.56 Å². The summed E-state index contributed by atoms with van der Waals surface area (Å²) < 4.78 is 5.60. The molecule has 1 heterocycles. The third-order valence-corrected chi connectivity index (χ3v) is 5.08. The highest BCUT2D eigenvalue weighted by Gasteiger charge is 2.25. The molecule has 26 heavy (non-hydrogen) atoms. The van der Waals surface area contributed by atoms with Crippen LogP contribution in [0.1, 0.15) is 24.8 Å². The van der Waals surface area contributed by atoms with Gasteiger partial charge in [0.15, 0.2) is 0 Å². The summed E-state index contributed by atoms with van der Waals surface area (Å²) >= 11 is 0. The Balaban J connectivity index is 1.70. The van der Waals surface area contributed by atoms with E-state index in [4.69, 9.17) is 9.72 Å². The Bertz CT molecular complexity index is 960. The normalized spacial score (nSPS) is 14.1. The molecule has 3 aromatic rings. The van der Waals surface area contributed by atoms with Gasteiger partial charge in [-0.2, -0.15) is 0 Å². The number of nitrogens with zero attached hydrogens (tertiary/aromatic N) is 1. The second kappa shape index (κ2) is 6.79. The van der Waals surface area contributed by atoms with Crippen LogP contribution in [-0.4, -0.2) is 18.0 Å². The molecule has 0 bridgehead atoms. The molecule has 4 nitrogen and oxygen atoms in total. The maximum absolute atomic E-state index is 12.2. The van der Waals surface area contributed by atoms with Crippen molar-refractivity contribution in [2.45, 2.75) is 26.2 Å². The first-order valence-electron chi connectivity index (χ1n) is 9.01. The minimum absolute atomic E-state index is 0.110. The summed E-state index contributed by atoms with van der Waals surface area (Å²) in [6.45, 7) is 2.07. The lowest BCUT2D eigenvalue weighted by molar-refractivity contribution is -0.122. The largest absolute Gasteiger partial charge is 0.496 e. The fraction of sp³-hybridized carbons (Fsp3) is 0.273. The van der Waals surface area contributed by atoms with E-state index < -0.39 is 0 Å². The number of aromatic nitrogens is 1. The van der Waals surface area contributed by atoms with Crippen molar-refractivity contribution in [3.05, 3.63) is 54.1 Å². The third kappa shape index (κ3) is 3.15. The molecular formula is C22H22N2O2. The number of fused-ring (bicyclic) bond motifs is 1. The molecule has 0 aliphatic heterocycles. The summed E-state index contributed by atoms with van der Waals surface area (Å²) in [5.41, 5.74) is 4.78. The topological polar surface area (TPSA) is 51.2 Å². The number of amides is 1. The first-order chi connectivity index (χ1) is 12.6. The second-order valence-electron chi connectivity index (χ2n) is 6.92. The van der Waals surface area contributed by atoms with E-state index in [1.807, 2.05) is 24.3 Å². The van der Waals surface area contributed by atoms with Crippen LogP contribution in [0, 0.1) is 12.8 Å². The Morgan fingerprint density at radius 1 is 1.12 bits per heavy atom. The van der Waals surface area contributed by atoms with Crippen molar-refractivity contribution >= 4 is 22.5 Å². The Morgan fingerprint density at radius 2 is 1.88 bits per heavy atom. The molecule has 1 amide bonds. The molecule has 132 valence electrons. The van der Waals surface area contributed by atoms with Crippen LogP contribution >= 0.6 is 0 Å². The number of methoxy groups -OCH3 is 1. The fourth-order valence-corrected chi connectivity index (χ4v) is 3.23. The van der Waals surface area contributed by atoms with Gasteiger partial charge in [-0.25, -0.2) is 4.98 Å². The van der Waals surface area contributed by atoms with Crippen LogP contribution in [0.25, 0.3) is 22.2 Å². The number of hydrogen-bond donors (Lipinski definition) is 1. The molecular weight excluding hydrogens is 324 g/mol. The Kier molecular flexibility index (Phi) is 4.33. The van der Waals surface area contributed by atoms with Gasteiger partial charge < -0.3 is 10.1 Å². The lowest BCUT2D eigenvalue weighted by Gasteiger charge is -2.24. The predicted octanol–water partition coefficient (Wildman–Crippen LogP) is 4.96. The van der Waals surface area contributed by atoms with Crippen molar-refractivity contribution in [1.82, 2.24) is 4.98 Å². The first kappa shape index (κ1) is 16.6. The molecule has 0 radical (unpaired) electrons. The average Bonchev–Trinajstić information content (AvgIpc) is 2.60. The number of nitrogens with one attached hydrogen (secondary N) is 1. The van der Waals surface area contributed by atoms with Crippen molar-refractivity contribution in [3.8, 4) is 17.0 Å². The smallest absolute Gasteiger partial charge is 0.227 e. The number of carbonyl (C=O) groups is 1. The van der Waals surface area contributed by atoms with Gasteiger partial charge >= 0.3 is 0 Å². The molecule has 0 saturated heterocycles. The molecule has 1 N–H and O–H groups in total. The third-order valence-electron chi connectivity index (χ3n) is 5.08. The monoisotopic (exact) mass is 346 g/mol. The first-order valence-corrected chi connectivity index (χ1v) is 9.01. The summed E-state index contributed by atoms with van der Waals surface area (Å²) in [5, 5.41) is 3.92. The Labute approximate surface area is 153 Å². The van der Waals surface area contributed by atoms with E-state index in [-0.39, 0.29) is 11.8 Å². The quantitative estimate of drug-likeness (QED) is 0.726. The summed E-state index contributed by atoms with van der Waals surface area (Å²) in [7, 11) is 1.66. The SMILES string of the molecule is COc1cc(-c2ccc(C)cc2)nc2ccc(NC(=O)C3CCC3)cc12. The molecule has 0 spiro atoms. The summed E-state index contributed by atoms with van der Waals surface area (Å²) in [5.74, 6) is 1.03. The number of ether oxygens (including phenoxy) is 1. The van der Waals surface area contributed by atoms with Gasteiger partial charge in [0, 0.05) is 28.6 Å². The number of rotatable bonds is 4. The van der Waals surface area contributed by atoms with Crippen LogP contribution in [0.2, 0.25) is 0 Å². The molecule has 4 rings (SSSR count). The number of pyridine rings is 1. The minimum Gasteiger partial charge on any atom is -0.496 e. The number of aryl methyl sites for hydroxylation is 1. The summed E-state index contributed by atoms with van der Waals surface area (Å²) in [6.07, 6.45) is 3.13. The summed E-state index contributed by atoms with van der Waals surface area (Å²) in [4.78, 5) is 17.0. The van der Waals surface area contributed by atoms with Gasteiger partial charge in [-0.05, 0) is 38.0 Å². The van der Waals surface area contributed by atoms with Crippen molar-refractivity contribution in [2.24, 2.45) is 5.92 Å². The number of anilines is 1. The predicted molar refractivity (Wildman–Crippen MR) is 104 cm³/mol. The van der Waals surface area contributed by atoms with E-state index in [2.05, 4.69) is 36.5 Å². The van der Waals surface area contributed by atoms with Gasteiger partial charge in [0.1, 0.15) is 5.75 Å². The fourth-order valence-electron chi connectivity index (χ4n) is 3.23. The van der Waals surface area contributed by atoms with E-state index in [1.54, 1.807) is 7.11 Å². The minimum atomic E-state index is 0.110. The molecule has 1 aromatic heterocycles. The van der Waals surface area contributed by atoms with Crippen LogP contribution in [0.15, 0.2) is 48.5 Å². The van der Waals surface area contributed by atoms with Gasteiger partial charge in [0.25, 0.3) is 0 Å². The molecule has 1 fully saturated rings. The van der Waals surface area contributed by atoms with Gasteiger partial charge in [0.05, 0.1) is 18.3 Å². The van der Waals surface area contributed by atoms with E-state index >= 15 is 0 Å². The molecule has 1 saturated carbocycles. The van der Waals surface area contributed by atoms with Gasteiger partial charge in [-0.1, -0.05) is 36.2 Å². The lowest BCUT2D eigenvalue weighted by Crippen LogP contribution is -2.27. The highest BCUT2D eigenvalue weighted by molar-refractivity contribution is 5.97. The van der Waals surface area contributed by atoms with E-state index in [9.17, 15) is 4.79 Å². The number of carbonyl (C=O) groups excluding carboxylic acids is 1. The van der Waals surface area contributed by atoms with E-state index in [0.29, 0.717) is 0 Å². The zero-order chi connectivity index (χ0) is 18.1. The second-order valence-corrected chi connectivity index (χ2v) is 6.92. The molecule has 0 unspecified atom stereocenters. The van der Waals surface area contributed by atoms with Crippen LogP contribution in [0.3, 0.4) is 0 Å². The maximum atomic E-state index is 12.2. The summed E-state index contributed by atoms with van der Waals surface area (Å²) in [6, 6.07) is 16.0. The highest BCUT2D eigenvalue weighted by Crippen LogP contribution is 2.33. The van der Waals surface area contributed by atoms with Crippen molar-refractivity contribution in [1.29, 1.82) is 0 Å². The van der Waals surface area contributed by atoms with Crippen LogP contribution in [-0.2, 0) is 4.79 Å². The van der Waals surface area contributed by atoms with Gasteiger partial charge in [0.2, 0.25) is 5.91 Å². The van der Waals surface area contributed by atoms with Crippen molar-refractivity contribution < 1.29 is 9.53 Å². The van der Waals surface area contributed by atoms with Gasteiger partial charge in [-0.15, -0.1) is 0 Å². The zero-order valence-electron chi connectivity index (χ0n) is 15.1. The molecule has 0 atom stereocenters. The maximum Gasteiger partial charge on any atom is 0.227 e. The molecule has 4 heteroatoms. The Morgan fingerprint density at radius 3 is 2.54 bits per heavy atom. The molecule has 2 aromatic carbocycles. The van der Waals surface area contributed by atoms with Crippen LogP contribution < -0.4 is 10.1 Å². The highest BCUT2D eigenvalue weighted by atomic mass is 16.5. The van der Waals surface area contributed by atoms with Gasteiger partial charge in [-0.3, -0.25) is 4.79 Å². The Hall–Kier alpha value is -2.88. The van der Waals surface area contributed by atoms with Crippen LogP contribution in [0.5, 0.6) is 5.75 Å². The average molecular weight is 346 g/mol. The van der Waals surface area contributed by atoms with Crippen molar-refractivity contribution in [2.75, 3.05) is 12.4 Å². The van der Waals surface area contributed by atoms with Crippen LogP contribution in [0.4, 0.5) is 5.69 Å². The molecule has 1 aliphatic carbocycles. The van der Waals surface area contributed by atoms with Crippen molar-refractivity contribution in [3.63, 3.8) is 0 Å².